The molecule has 1 N–H and O–H groups in total. The third-order valence-corrected chi connectivity index (χ3v) is 2.50. The molecule has 2 aromatic rings. The molecule has 0 fully saturated rings. The summed E-state index contributed by atoms with van der Waals surface area (Å²) < 4.78 is 6.23. The zero-order chi connectivity index (χ0) is 13.0. The van der Waals surface area contributed by atoms with Gasteiger partial charge in [0.15, 0.2) is 0 Å². The molecule has 94 valence electrons. The van der Waals surface area contributed by atoms with Crippen molar-refractivity contribution in [3.8, 4) is 0 Å². The zero-order valence-corrected chi connectivity index (χ0v) is 9.87. The van der Waals surface area contributed by atoms with Crippen LogP contribution < -0.4 is 10.9 Å². The molecule has 0 aromatic carbocycles. The summed E-state index contributed by atoms with van der Waals surface area (Å²) in [6, 6.07) is 5.75. The van der Waals surface area contributed by atoms with Gasteiger partial charge in [-0.3, -0.25) is 9.59 Å². The van der Waals surface area contributed by atoms with Crippen LogP contribution >= 0.6 is 0 Å². The second kappa shape index (κ2) is 5.31. The van der Waals surface area contributed by atoms with E-state index in [0.717, 1.165) is 4.68 Å². The fourth-order valence-corrected chi connectivity index (χ4v) is 1.51. The van der Waals surface area contributed by atoms with E-state index in [0.29, 0.717) is 5.76 Å². The highest BCUT2D eigenvalue weighted by Gasteiger charge is 2.16. The number of hydrogen-bond acceptors (Lipinski definition) is 4. The molecule has 0 saturated carbocycles. The van der Waals surface area contributed by atoms with E-state index in [-0.39, 0.29) is 18.0 Å². The molecule has 6 heteroatoms. The van der Waals surface area contributed by atoms with Gasteiger partial charge in [0.05, 0.1) is 12.8 Å². The molecule has 1 unspecified atom stereocenters. The summed E-state index contributed by atoms with van der Waals surface area (Å²) in [5, 5.41) is 6.54. The molecule has 0 spiro atoms. The van der Waals surface area contributed by atoms with Gasteiger partial charge in [0.2, 0.25) is 5.91 Å². The van der Waals surface area contributed by atoms with Crippen LogP contribution in [0.5, 0.6) is 0 Å². The van der Waals surface area contributed by atoms with Crippen LogP contribution in [0.25, 0.3) is 0 Å². The molecule has 0 aliphatic rings. The molecule has 0 bridgehead atoms. The highest BCUT2D eigenvalue weighted by molar-refractivity contribution is 5.79. The van der Waals surface area contributed by atoms with Crippen molar-refractivity contribution in [3.05, 3.63) is 52.8 Å². The second-order valence-corrected chi connectivity index (χ2v) is 3.78. The SMILES string of the molecule is CC(C(=O)NCc1ccco1)n1ncccc1=O. The predicted molar refractivity (Wildman–Crippen MR) is 63.8 cm³/mol. The summed E-state index contributed by atoms with van der Waals surface area (Å²) in [4.78, 5) is 23.3. The van der Waals surface area contributed by atoms with E-state index in [9.17, 15) is 9.59 Å². The molecule has 6 nitrogen and oxygen atoms in total. The number of hydrogen-bond donors (Lipinski definition) is 1. The van der Waals surface area contributed by atoms with Crippen molar-refractivity contribution < 1.29 is 9.21 Å². The Morgan fingerprint density at radius 2 is 2.33 bits per heavy atom. The lowest BCUT2D eigenvalue weighted by Crippen LogP contribution is -2.36. The van der Waals surface area contributed by atoms with Crippen LogP contribution in [-0.4, -0.2) is 15.7 Å². The quantitative estimate of drug-likeness (QED) is 0.863. The molecule has 0 saturated heterocycles. The maximum Gasteiger partial charge on any atom is 0.267 e. The molecule has 2 rings (SSSR count). The fraction of sp³-hybridized carbons (Fsp3) is 0.250. The Bertz CT molecular complexity index is 574. The smallest absolute Gasteiger partial charge is 0.267 e. The van der Waals surface area contributed by atoms with Gasteiger partial charge in [0, 0.05) is 12.3 Å². The first-order valence-electron chi connectivity index (χ1n) is 5.52. The zero-order valence-electron chi connectivity index (χ0n) is 9.87. The van der Waals surface area contributed by atoms with Crippen LogP contribution in [0.15, 0.2) is 45.9 Å². The average molecular weight is 247 g/mol. The largest absolute Gasteiger partial charge is 0.467 e. The molecular formula is C12H13N3O3. The number of carbonyl (C=O) groups is 1. The number of furan rings is 1. The number of nitrogens with one attached hydrogen (secondary N) is 1. The lowest BCUT2D eigenvalue weighted by Gasteiger charge is -2.12. The van der Waals surface area contributed by atoms with Gasteiger partial charge in [-0.05, 0) is 25.1 Å². The second-order valence-electron chi connectivity index (χ2n) is 3.78. The minimum absolute atomic E-state index is 0.285. The summed E-state index contributed by atoms with van der Waals surface area (Å²) >= 11 is 0. The first-order valence-corrected chi connectivity index (χ1v) is 5.52. The van der Waals surface area contributed by atoms with Crippen LogP contribution in [0, 0.1) is 0 Å². The number of nitrogens with zero attached hydrogens (tertiary/aromatic N) is 2. The van der Waals surface area contributed by atoms with Gasteiger partial charge in [0.1, 0.15) is 11.8 Å². The Balaban J connectivity index is 2.01. The minimum atomic E-state index is -0.659. The first-order chi connectivity index (χ1) is 8.68. The van der Waals surface area contributed by atoms with Crippen molar-refractivity contribution in [2.45, 2.75) is 19.5 Å². The summed E-state index contributed by atoms with van der Waals surface area (Å²) in [5.41, 5.74) is -0.307. The molecule has 1 amide bonds. The normalized spacial score (nSPS) is 12.1. The van der Waals surface area contributed by atoms with Crippen molar-refractivity contribution in [1.82, 2.24) is 15.1 Å². The Labute approximate surface area is 103 Å². The van der Waals surface area contributed by atoms with Crippen molar-refractivity contribution >= 4 is 5.91 Å². The Kier molecular flexibility index (Phi) is 3.57. The number of rotatable bonds is 4. The van der Waals surface area contributed by atoms with E-state index >= 15 is 0 Å². The highest BCUT2D eigenvalue weighted by atomic mass is 16.3. The molecule has 1 atom stereocenters. The minimum Gasteiger partial charge on any atom is -0.467 e. The van der Waals surface area contributed by atoms with Crippen LogP contribution in [-0.2, 0) is 11.3 Å². The van der Waals surface area contributed by atoms with E-state index in [4.69, 9.17) is 4.42 Å². The predicted octanol–water partition coefficient (Wildman–Crippen LogP) is 0.714. The van der Waals surface area contributed by atoms with E-state index in [1.54, 1.807) is 19.1 Å². The third kappa shape index (κ3) is 2.65. The van der Waals surface area contributed by atoms with Gasteiger partial charge in [-0.1, -0.05) is 0 Å². The van der Waals surface area contributed by atoms with Gasteiger partial charge in [-0.25, -0.2) is 4.68 Å². The molecule has 2 aromatic heterocycles. The van der Waals surface area contributed by atoms with Crippen molar-refractivity contribution in [1.29, 1.82) is 0 Å². The number of carbonyl (C=O) groups excluding carboxylic acids is 1. The maximum absolute atomic E-state index is 11.8. The molecular weight excluding hydrogens is 234 g/mol. The van der Waals surface area contributed by atoms with Crippen LogP contribution in [0.1, 0.15) is 18.7 Å². The molecule has 0 radical (unpaired) electrons. The standard InChI is InChI=1S/C12H13N3O3/c1-9(15-11(16)5-2-6-14-15)12(17)13-8-10-4-3-7-18-10/h2-7,9H,8H2,1H3,(H,13,17). The lowest BCUT2D eigenvalue weighted by molar-refractivity contribution is -0.124. The summed E-state index contributed by atoms with van der Waals surface area (Å²) in [5.74, 6) is 0.371. The molecule has 18 heavy (non-hydrogen) atoms. The van der Waals surface area contributed by atoms with Crippen LogP contribution in [0.4, 0.5) is 0 Å². The van der Waals surface area contributed by atoms with Crippen LogP contribution in [0.3, 0.4) is 0 Å². The van der Waals surface area contributed by atoms with E-state index in [1.807, 2.05) is 0 Å². The third-order valence-electron chi connectivity index (χ3n) is 2.50. The van der Waals surface area contributed by atoms with Gasteiger partial charge < -0.3 is 9.73 Å². The van der Waals surface area contributed by atoms with Gasteiger partial charge in [-0.2, -0.15) is 5.10 Å². The summed E-state index contributed by atoms with van der Waals surface area (Å²) in [6.07, 6.45) is 3.01. The van der Waals surface area contributed by atoms with Gasteiger partial charge >= 0.3 is 0 Å². The Morgan fingerprint density at radius 3 is 3.00 bits per heavy atom. The first kappa shape index (κ1) is 12.1. The summed E-state index contributed by atoms with van der Waals surface area (Å²) in [7, 11) is 0. The Morgan fingerprint density at radius 1 is 1.50 bits per heavy atom. The average Bonchev–Trinajstić information content (AvgIpc) is 2.89. The topological polar surface area (TPSA) is 77.1 Å². The number of aromatic nitrogens is 2. The maximum atomic E-state index is 11.8. The molecule has 0 aliphatic heterocycles. The van der Waals surface area contributed by atoms with E-state index < -0.39 is 6.04 Å². The van der Waals surface area contributed by atoms with Crippen molar-refractivity contribution in [2.24, 2.45) is 0 Å². The molecule has 2 heterocycles. The van der Waals surface area contributed by atoms with E-state index in [2.05, 4.69) is 10.4 Å². The number of amides is 1. The fourth-order valence-electron chi connectivity index (χ4n) is 1.51. The summed E-state index contributed by atoms with van der Waals surface area (Å²) in [6.45, 7) is 1.91. The Hall–Kier alpha value is -2.37. The highest BCUT2D eigenvalue weighted by Crippen LogP contribution is 2.02. The van der Waals surface area contributed by atoms with E-state index in [1.165, 1.54) is 24.6 Å². The van der Waals surface area contributed by atoms with Crippen LogP contribution in [0.2, 0.25) is 0 Å². The van der Waals surface area contributed by atoms with Gasteiger partial charge in [-0.15, -0.1) is 0 Å². The monoisotopic (exact) mass is 247 g/mol. The lowest BCUT2D eigenvalue weighted by atomic mass is 10.3. The van der Waals surface area contributed by atoms with Crippen molar-refractivity contribution in [3.63, 3.8) is 0 Å². The van der Waals surface area contributed by atoms with Crippen molar-refractivity contribution in [2.75, 3.05) is 0 Å². The molecule has 0 aliphatic carbocycles. The van der Waals surface area contributed by atoms with Gasteiger partial charge in [0.25, 0.3) is 5.56 Å².